The van der Waals surface area contributed by atoms with Gasteiger partial charge in [-0.15, -0.1) is 0 Å². The summed E-state index contributed by atoms with van der Waals surface area (Å²) in [6, 6.07) is 0.255. The highest BCUT2D eigenvalue weighted by Crippen LogP contribution is 2.24. The number of hydrogen-bond acceptors (Lipinski definition) is 2. The van der Waals surface area contributed by atoms with Gasteiger partial charge in [-0.2, -0.15) is 5.10 Å². The maximum absolute atomic E-state index is 12.6. The molecule has 0 unspecified atom stereocenters. The van der Waals surface area contributed by atoms with Gasteiger partial charge in [0.1, 0.15) is 0 Å². The van der Waals surface area contributed by atoms with E-state index in [9.17, 15) is 4.79 Å². The lowest BCUT2D eigenvalue weighted by Gasteiger charge is -2.14. The quantitative estimate of drug-likeness (QED) is 0.918. The first-order valence-electron chi connectivity index (χ1n) is 6.97. The van der Waals surface area contributed by atoms with Gasteiger partial charge in [0.25, 0.3) is 0 Å². The minimum atomic E-state index is 0.0758. The summed E-state index contributed by atoms with van der Waals surface area (Å²) in [6.45, 7) is 12.4. The molecular weight excluding hydrogens is 238 g/mol. The molecule has 0 amide bonds. The van der Waals surface area contributed by atoms with E-state index in [2.05, 4.69) is 51.6 Å². The molecule has 19 heavy (non-hydrogen) atoms. The molecule has 2 heterocycles. The monoisotopic (exact) mass is 261 g/mol. The smallest absolute Gasteiger partial charge is 0.213 e. The third-order valence-electron chi connectivity index (χ3n) is 3.43. The second-order valence-corrected chi connectivity index (χ2v) is 6.06. The van der Waals surface area contributed by atoms with Crippen molar-refractivity contribution >= 4 is 11.0 Å². The van der Waals surface area contributed by atoms with Gasteiger partial charge >= 0.3 is 0 Å². The molecule has 0 aliphatic carbocycles. The Morgan fingerprint density at radius 3 is 2.21 bits per heavy atom. The van der Waals surface area contributed by atoms with Crippen molar-refractivity contribution in [3.8, 4) is 0 Å². The average Bonchev–Trinajstić information content (AvgIpc) is 2.72. The molecule has 2 rings (SSSR count). The second-order valence-electron chi connectivity index (χ2n) is 6.06. The van der Waals surface area contributed by atoms with Gasteiger partial charge in [0.05, 0.1) is 5.52 Å². The molecule has 2 aromatic rings. The Labute approximate surface area is 113 Å². The SMILES string of the molecule is CC(C)c1[nH]c2cn(C(C)C)nc2c(=O)c1C(C)C. The summed E-state index contributed by atoms with van der Waals surface area (Å²) in [5, 5.41) is 4.43. The molecule has 0 aliphatic heterocycles. The summed E-state index contributed by atoms with van der Waals surface area (Å²) >= 11 is 0. The fourth-order valence-electron chi connectivity index (χ4n) is 2.41. The lowest BCUT2D eigenvalue weighted by Crippen LogP contribution is -2.17. The van der Waals surface area contributed by atoms with Crippen molar-refractivity contribution in [1.82, 2.24) is 14.8 Å². The molecule has 0 atom stereocenters. The molecule has 0 fully saturated rings. The van der Waals surface area contributed by atoms with Crippen LogP contribution in [0.5, 0.6) is 0 Å². The number of aromatic nitrogens is 3. The number of rotatable bonds is 3. The van der Waals surface area contributed by atoms with Crippen LogP contribution in [0.25, 0.3) is 11.0 Å². The number of aromatic amines is 1. The Morgan fingerprint density at radius 1 is 1.11 bits per heavy atom. The van der Waals surface area contributed by atoms with Crippen molar-refractivity contribution in [2.24, 2.45) is 0 Å². The van der Waals surface area contributed by atoms with Crippen LogP contribution in [-0.2, 0) is 0 Å². The van der Waals surface area contributed by atoms with Crippen molar-refractivity contribution in [2.45, 2.75) is 59.4 Å². The first-order chi connectivity index (χ1) is 8.82. The van der Waals surface area contributed by atoms with E-state index in [4.69, 9.17) is 0 Å². The summed E-state index contributed by atoms with van der Waals surface area (Å²) in [5.41, 5.74) is 3.38. The van der Waals surface area contributed by atoms with Gasteiger partial charge in [-0.3, -0.25) is 9.48 Å². The van der Waals surface area contributed by atoms with Crippen molar-refractivity contribution < 1.29 is 0 Å². The Bertz CT molecular complexity index is 647. The van der Waals surface area contributed by atoms with Gasteiger partial charge in [-0.1, -0.05) is 27.7 Å². The summed E-state index contributed by atoms with van der Waals surface area (Å²) in [7, 11) is 0. The van der Waals surface area contributed by atoms with Crippen LogP contribution in [0.15, 0.2) is 11.0 Å². The predicted molar refractivity (Wildman–Crippen MR) is 78.9 cm³/mol. The van der Waals surface area contributed by atoms with Crippen LogP contribution >= 0.6 is 0 Å². The Balaban J connectivity index is 2.82. The summed E-state index contributed by atoms with van der Waals surface area (Å²) in [6.07, 6.45) is 1.93. The molecular formula is C15H23N3O. The number of hydrogen-bond donors (Lipinski definition) is 1. The van der Waals surface area contributed by atoms with E-state index < -0.39 is 0 Å². The van der Waals surface area contributed by atoms with Crippen LogP contribution in [0.4, 0.5) is 0 Å². The lowest BCUT2D eigenvalue weighted by atomic mass is 9.94. The van der Waals surface area contributed by atoms with E-state index in [0.717, 1.165) is 16.8 Å². The fourth-order valence-corrected chi connectivity index (χ4v) is 2.41. The van der Waals surface area contributed by atoms with E-state index in [1.54, 1.807) is 0 Å². The van der Waals surface area contributed by atoms with Crippen LogP contribution in [0.3, 0.4) is 0 Å². The molecule has 4 heteroatoms. The first kappa shape index (κ1) is 13.8. The lowest BCUT2D eigenvalue weighted by molar-refractivity contribution is 0.537. The summed E-state index contributed by atoms with van der Waals surface area (Å²) in [4.78, 5) is 16.0. The molecule has 0 bridgehead atoms. The zero-order valence-corrected chi connectivity index (χ0v) is 12.6. The number of fused-ring (bicyclic) bond motifs is 1. The van der Waals surface area contributed by atoms with Gasteiger partial charge in [0.15, 0.2) is 5.52 Å². The molecule has 0 aliphatic rings. The normalized spacial score (nSPS) is 12.3. The highest BCUT2D eigenvalue weighted by molar-refractivity contribution is 5.74. The molecule has 0 spiro atoms. The number of nitrogens with one attached hydrogen (secondary N) is 1. The highest BCUT2D eigenvalue weighted by Gasteiger charge is 2.19. The van der Waals surface area contributed by atoms with Crippen molar-refractivity contribution in [3.05, 3.63) is 27.7 Å². The Hall–Kier alpha value is -1.58. The zero-order valence-electron chi connectivity index (χ0n) is 12.6. The highest BCUT2D eigenvalue weighted by atomic mass is 16.1. The van der Waals surface area contributed by atoms with Crippen molar-refractivity contribution in [1.29, 1.82) is 0 Å². The maximum Gasteiger partial charge on any atom is 0.213 e. The molecule has 0 saturated heterocycles. The van der Waals surface area contributed by atoms with E-state index >= 15 is 0 Å². The number of H-pyrrole nitrogens is 1. The molecule has 4 nitrogen and oxygen atoms in total. The van der Waals surface area contributed by atoms with E-state index in [1.807, 2.05) is 10.9 Å². The van der Waals surface area contributed by atoms with Gasteiger partial charge in [-0.25, -0.2) is 0 Å². The number of nitrogens with zero attached hydrogens (tertiary/aromatic N) is 2. The van der Waals surface area contributed by atoms with Gasteiger partial charge in [0.2, 0.25) is 5.43 Å². The van der Waals surface area contributed by atoms with Crippen molar-refractivity contribution in [2.75, 3.05) is 0 Å². The molecule has 0 saturated carbocycles. The summed E-state index contributed by atoms with van der Waals surface area (Å²) < 4.78 is 1.84. The van der Waals surface area contributed by atoms with Crippen LogP contribution < -0.4 is 5.43 Å². The second kappa shape index (κ2) is 4.83. The first-order valence-corrected chi connectivity index (χ1v) is 6.97. The maximum atomic E-state index is 12.6. The minimum absolute atomic E-state index is 0.0758. The Morgan fingerprint density at radius 2 is 1.74 bits per heavy atom. The Kier molecular flexibility index (Phi) is 3.52. The van der Waals surface area contributed by atoms with Gasteiger partial charge in [0, 0.05) is 23.5 Å². The van der Waals surface area contributed by atoms with Crippen LogP contribution in [0, 0.1) is 0 Å². The topological polar surface area (TPSA) is 50.7 Å². The molecule has 0 aromatic carbocycles. The molecule has 0 radical (unpaired) electrons. The zero-order chi connectivity index (χ0) is 14.3. The van der Waals surface area contributed by atoms with E-state index in [-0.39, 0.29) is 17.4 Å². The third-order valence-corrected chi connectivity index (χ3v) is 3.43. The molecule has 104 valence electrons. The third kappa shape index (κ3) is 2.31. The molecule has 1 N–H and O–H groups in total. The standard InChI is InChI=1S/C15H23N3O/c1-8(2)12-13(9(3)4)16-11-7-18(10(5)6)17-14(11)15(12)19/h7-10,16H,1-6H3. The summed E-state index contributed by atoms with van der Waals surface area (Å²) in [5.74, 6) is 0.506. The largest absolute Gasteiger partial charge is 0.355 e. The van der Waals surface area contributed by atoms with Gasteiger partial charge < -0.3 is 4.98 Å². The van der Waals surface area contributed by atoms with Crippen LogP contribution in [-0.4, -0.2) is 14.8 Å². The van der Waals surface area contributed by atoms with Crippen LogP contribution in [0.1, 0.15) is 70.7 Å². The van der Waals surface area contributed by atoms with Crippen molar-refractivity contribution in [3.63, 3.8) is 0 Å². The van der Waals surface area contributed by atoms with Crippen LogP contribution in [0.2, 0.25) is 0 Å². The molecule has 2 aromatic heterocycles. The average molecular weight is 261 g/mol. The van der Waals surface area contributed by atoms with Gasteiger partial charge in [-0.05, 0) is 25.7 Å². The minimum Gasteiger partial charge on any atom is -0.355 e. The predicted octanol–water partition coefficient (Wildman–Crippen LogP) is 3.55. The number of pyridine rings is 1. The van der Waals surface area contributed by atoms with E-state index in [1.165, 1.54) is 0 Å². The fraction of sp³-hybridized carbons (Fsp3) is 0.600. The van der Waals surface area contributed by atoms with E-state index in [0.29, 0.717) is 11.4 Å².